The van der Waals surface area contributed by atoms with Gasteiger partial charge < -0.3 is 4.74 Å². The molecule has 1 unspecified atom stereocenters. The maximum atomic E-state index is 5.23. The van der Waals surface area contributed by atoms with Crippen molar-refractivity contribution in [1.82, 2.24) is 9.78 Å². The van der Waals surface area contributed by atoms with Gasteiger partial charge in [-0.1, -0.05) is 6.92 Å². The van der Waals surface area contributed by atoms with E-state index in [0.29, 0.717) is 0 Å². The summed E-state index contributed by atoms with van der Waals surface area (Å²) in [7, 11) is 1.70. The second-order valence-corrected chi connectivity index (χ2v) is 2.52. The molecule has 1 aromatic rings. The van der Waals surface area contributed by atoms with Crippen LogP contribution < -0.4 is 0 Å². The van der Waals surface area contributed by atoms with Gasteiger partial charge in [0.2, 0.25) is 0 Å². The topological polar surface area (TPSA) is 27.1 Å². The van der Waals surface area contributed by atoms with Gasteiger partial charge in [0, 0.05) is 19.0 Å². The van der Waals surface area contributed by atoms with E-state index in [-0.39, 0.29) is 6.23 Å². The predicted octanol–water partition coefficient (Wildman–Crippen LogP) is 1.75. The minimum atomic E-state index is 0.0880. The number of hydrogen-bond acceptors (Lipinski definition) is 2. The highest BCUT2D eigenvalue weighted by Gasteiger charge is 2.08. The van der Waals surface area contributed by atoms with E-state index in [1.54, 1.807) is 13.3 Å². The molecule has 11 heavy (non-hydrogen) atoms. The number of ether oxygens (including phenoxy) is 1. The first kappa shape index (κ1) is 8.27. The van der Waals surface area contributed by atoms with Crippen molar-refractivity contribution in [3.63, 3.8) is 0 Å². The van der Waals surface area contributed by atoms with Gasteiger partial charge in [-0.3, -0.25) is 0 Å². The molecule has 0 amide bonds. The first-order valence-electron chi connectivity index (χ1n) is 3.82. The molecule has 0 aliphatic rings. The third-order valence-corrected chi connectivity index (χ3v) is 1.76. The number of aromatic nitrogens is 2. The quantitative estimate of drug-likeness (QED) is 0.663. The molecule has 0 spiro atoms. The number of rotatable bonds is 3. The van der Waals surface area contributed by atoms with Crippen molar-refractivity contribution in [3.8, 4) is 0 Å². The van der Waals surface area contributed by atoms with Gasteiger partial charge in [0.25, 0.3) is 0 Å². The van der Waals surface area contributed by atoms with E-state index in [1.165, 1.54) is 0 Å². The van der Waals surface area contributed by atoms with Crippen LogP contribution in [0.3, 0.4) is 0 Å². The summed E-state index contributed by atoms with van der Waals surface area (Å²) < 4.78 is 7.11. The number of nitrogens with zero attached hydrogens (tertiary/aromatic N) is 2. The maximum absolute atomic E-state index is 5.23. The normalized spacial score (nSPS) is 13.4. The molecule has 1 rings (SSSR count). The summed E-state index contributed by atoms with van der Waals surface area (Å²) in [6.07, 6.45) is 2.82. The van der Waals surface area contributed by atoms with Crippen LogP contribution in [0.15, 0.2) is 12.3 Å². The van der Waals surface area contributed by atoms with Crippen LogP contribution in [0.1, 0.15) is 25.3 Å². The fraction of sp³-hybridized carbons (Fsp3) is 0.625. The Kier molecular flexibility index (Phi) is 2.65. The van der Waals surface area contributed by atoms with Crippen LogP contribution in [0.2, 0.25) is 0 Å². The molecule has 0 aromatic carbocycles. The molecule has 0 aliphatic heterocycles. The van der Waals surface area contributed by atoms with Crippen LogP contribution in [-0.2, 0) is 4.74 Å². The molecular weight excluding hydrogens is 140 g/mol. The van der Waals surface area contributed by atoms with Gasteiger partial charge in [-0.05, 0) is 19.4 Å². The minimum absolute atomic E-state index is 0.0880. The van der Waals surface area contributed by atoms with Gasteiger partial charge in [-0.15, -0.1) is 0 Å². The molecule has 1 atom stereocenters. The van der Waals surface area contributed by atoms with Crippen LogP contribution in [-0.4, -0.2) is 16.9 Å². The Morgan fingerprint density at radius 2 is 2.45 bits per heavy atom. The van der Waals surface area contributed by atoms with E-state index in [4.69, 9.17) is 4.74 Å². The molecule has 0 aliphatic carbocycles. The van der Waals surface area contributed by atoms with Crippen molar-refractivity contribution >= 4 is 0 Å². The number of methoxy groups -OCH3 is 1. The summed E-state index contributed by atoms with van der Waals surface area (Å²) in [5, 5.41) is 4.15. The first-order chi connectivity index (χ1) is 5.29. The van der Waals surface area contributed by atoms with Gasteiger partial charge in [0.1, 0.15) is 6.23 Å². The van der Waals surface area contributed by atoms with E-state index in [1.807, 2.05) is 17.7 Å². The lowest BCUT2D eigenvalue weighted by Gasteiger charge is -2.14. The summed E-state index contributed by atoms with van der Waals surface area (Å²) in [5.74, 6) is 0. The van der Waals surface area contributed by atoms with Gasteiger partial charge in [-0.25, -0.2) is 4.68 Å². The van der Waals surface area contributed by atoms with E-state index in [0.717, 1.165) is 12.1 Å². The zero-order chi connectivity index (χ0) is 8.27. The van der Waals surface area contributed by atoms with E-state index in [9.17, 15) is 0 Å². The summed E-state index contributed by atoms with van der Waals surface area (Å²) in [6.45, 7) is 4.10. The first-order valence-corrected chi connectivity index (χ1v) is 3.82. The molecule has 3 nitrogen and oxygen atoms in total. The van der Waals surface area contributed by atoms with Crippen molar-refractivity contribution in [2.24, 2.45) is 0 Å². The van der Waals surface area contributed by atoms with Gasteiger partial charge in [0.05, 0.1) is 0 Å². The zero-order valence-corrected chi connectivity index (χ0v) is 7.24. The number of aryl methyl sites for hydroxylation is 1. The highest BCUT2D eigenvalue weighted by molar-refractivity contribution is 4.97. The smallest absolute Gasteiger partial charge is 0.149 e. The molecule has 1 heterocycles. The Morgan fingerprint density at radius 1 is 1.73 bits per heavy atom. The highest BCUT2D eigenvalue weighted by Crippen LogP contribution is 2.12. The van der Waals surface area contributed by atoms with Crippen LogP contribution in [0.4, 0.5) is 0 Å². The van der Waals surface area contributed by atoms with E-state index in [2.05, 4.69) is 12.0 Å². The van der Waals surface area contributed by atoms with Gasteiger partial charge in [-0.2, -0.15) is 5.10 Å². The molecule has 0 saturated carbocycles. The molecule has 0 saturated heterocycles. The minimum Gasteiger partial charge on any atom is -0.360 e. The Balaban J connectivity index is 2.81. The molecule has 62 valence electrons. The SMILES string of the molecule is CCC(OC)n1nccc1C. The van der Waals surface area contributed by atoms with E-state index >= 15 is 0 Å². The lowest BCUT2D eigenvalue weighted by atomic mass is 10.4. The summed E-state index contributed by atoms with van der Waals surface area (Å²) in [6, 6.07) is 1.97. The highest BCUT2D eigenvalue weighted by atomic mass is 16.5. The summed E-state index contributed by atoms with van der Waals surface area (Å²) >= 11 is 0. The molecule has 3 heteroatoms. The third-order valence-electron chi connectivity index (χ3n) is 1.76. The van der Waals surface area contributed by atoms with Crippen LogP contribution in [0.25, 0.3) is 0 Å². The van der Waals surface area contributed by atoms with Crippen LogP contribution >= 0.6 is 0 Å². The fourth-order valence-electron chi connectivity index (χ4n) is 1.12. The Labute approximate surface area is 67.0 Å². The Bertz CT molecular complexity index is 216. The van der Waals surface area contributed by atoms with Crippen LogP contribution in [0.5, 0.6) is 0 Å². The van der Waals surface area contributed by atoms with Crippen LogP contribution in [0, 0.1) is 6.92 Å². The fourth-order valence-corrected chi connectivity index (χ4v) is 1.12. The second kappa shape index (κ2) is 3.53. The monoisotopic (exact) mass is 154 g/mol. The summed E-state index contributed by atoms with van der Waals surface area (Å²) in [5.41, 5.74) is 1.14. The molecule has 0 fully saturated rings. The van der Waals surface area contributed by atoms with Crippen molar-refractivity contribution in [3.05, 3.63) is 18.0 Å². The molecule has 1 aromatic heterocycles. The summed E-state index contributed by atoms with van der Waals surface area (Å²) in [4.78, 5) is 0. The molecular formula is C8H14N2O. The second-order valence-electron chi connectivity index (χ2n) is 2.52. The lowest BCUT2D eigenvalue weighted by Crippen LogP contribution is -2.12. The van der Waals surface area contributed by atoms with Gasteiger partial charge >= 0.3 is 0 Å². The average molecular weight is 154 g/mol. The molecule has 0 bridgehead atoms. The molecule has 0 N–H and O–H groups in total. The largest absolute Gasteiger partial charge is 0.360 e. The lowest BCUT2D eigenvalue weighted by molar-refractivity contribution is 0.0293. The van der Waals surface area contributed by atoms with Crippen molar-refractivity contribution in [2.45, 2.75) is 26.5 Å². The number of hydrogen-bond donors (Lipinski definition) is 0. The Hall–Kier alpha value is -0.830. The standard InChI is InChI=1S/C8H14N2O/c1-4-8(11-3)10-7(2)5-6-9-10/h5-6,8H,4H2,1-3H3. The molecule has 0 radical (unpaired) electrons. The third kappa shape index (κ3) is 1.60. The Morgan fingerprint density at radius 3 is 2.82 bits per heavy atom. The average Bonchev–Trinajstić information content (AvgIpc) is 2.40. The van der Waals surface area contributed by atoms with Crippen molar-refractivity contribution in [1.29, 1.82) is 0 Å². The maximum Gasteiger partial charge on any atom is 0.149 e. The van der Waals surface area contributed by atoms with E-state index < -0.39 is 0 Å². The predicted molar refractivity (Wildman–Crippen MR) is 43.3 cm³/mol. The van der Waals surface area contributed by atoms with Crippen molar-refractivity contribution < 1.29 is 4.74 Å². The van der Waals surface area contributed by atoms with Gasteiger partial charge in [0.15, 0.2) is 0 Å². The van der Waals surface area contributed by atoms with Crippen molar-refractivity contribution in [2.75, 3.05) is 7.11 Å². The zero-order valence-electron chi connectivity index (χ0n) is 7.24.